The van der Waals surface area contributed by atoms with E-state index in [-0.39, 0.29) is 34.1 Å². The number of nitrogens with one attached hydrogen (secondary N) is 5. The van der Waals surface area contributed by atoms with E-state index in [1.54, 1.807) is 62.3 Å². The van der Waals surface area contributed by atoms with Gasteiger partial charge in [-0.15, -0.1) is 0 Å². The lowest BCUT2D eigenvalue weighted by atomic mass is 10.00. The van der Waals surface area contributed by atoms with Gasteiger partial charge in [-0.25, -0.2) is 20.8 Å². The molecule has 0 aliphatic heterocycles. The Hall–Kier alpha value is -3.75. The Morgan fingerprint density at radius 3 is 1.49 bits per heavy atom. The van der Waals surface area contributed by atoms with Gasteiger partial charge in [0.1, 0.15) is 17.1 Å². The van der Waals surface area contributed by atoms with Crippen LogP contribution >= 0.6 is 0 Å². The molecule has 9 N–H and O–H groups in total. The van der Waals surface area contributed by atoms with Gasteiger partial charge < -0.3 is 30.6 Å². The highest BCUT2D eigenvalue weighted by molar-refractivity contribution is 6.14. The Balaban J connectivity index is 2.23. The van der Waals surface area contributed by atoms with Crippen molar-refractivity contribution in [3.63, 3.8) is 0 Å². The molecule has 0 aromatic heterocycles. The summed E-state index contributed by atoms with van der Waals surface area (Å²) in [6.45, 7) is 0. The van der Waals surface area contributed by atoms with Crippen molar-refractivity contribution < 1.29 is 41.7 Å². The van der Waals surface area contributed by atoms with Crippen LogP contribution in [0.15, 0.2) is 59.7 Å². The molecular weight excluding hydrogens is 516 g/mol. The van der Waals surface area contributed by atoms with Gasteiger partial charge in [-0.3, -0.25) is 5.43 Å². The molecule has 0 bridgehead atoms. The first-order chi connectivity index (χ1) is 18.3. The van der Waals surface area contributed by atoms with Gasteiger partial charge in [0, 0.05) is 57.5 Å². The van der Waals surface area contributed by atoms with Crippen LogP contribution in [0.5, 0.6) is 0 Å². The van der Waals surface area contributed by atoms with E-state index in [4.69, 9.17) is 0 Å². The Kier molecular flexibility index (Phi) is 9.48. The van der Waals surface area contributed by atoms with Crippen LogP contribution in [0.1, 0.15) is 11.1 Å². The predicted octanol–water partition coefficient (Wildman–Crippen LogP) is -1.70. The number of anilines is 3. The summed E-state index contributed by atoms with van der Waals surface area (Å²) < 4.78 is 0. The average Bonchev–Trinajstić information content (AvgIpc) is 2.88. The van der Waals surface area contributed by atoms with Crippen molar-refractivity contribution in [3.8, 4) is 0 Å². The maximum Gasteiger partial charge on any atom is 0.195 e. The summed E-state index contributed by atoms with van der Waals surface area (Å²) in [7, 11) is 6.74. The molecule has 0 amide bonds. The molecule has 0 saturated heterocycles. The maximum atomic E-state index is 12.0. The second-order valence-electron chi connectivity index (χ2n) is 8.81. The summed E-state index contributed by atoms with van der Waals surface area (Å²) in [5.41, 5.74) is 3.50. The molecule has 0 aliphatic carbocycles. The van der Waals surface area contributed by atoms with Gasteiger partial charge in [0.15, 0.2) is 22.7 Å². The lowest BCUT2D eigenvalue weighted by Gasteiger charge is -2.23. The smallest absolute Gasteiger partial charge is 0.195 e. The van der Waals surface area contributed by atoms with E-state index in [1.807, 2.05) is 0 Å². The normalized spacial score (nSPS) is 14.3. The molecule has 3 aromatic carbocycles. The number of hydrogen-bond donors (Lipinski definition) is 9. The van der Waals surface area contributed by atoms with Gasteiger partial charge in [-0.1, -0.05) is 12.1 Å². The minimum Gasteiger partial charge on any atom is -0.595 e. The third-order valence-electron chi connectivity index (χ3n) is 5.75. The van der Waals surface area contributed by atoms with Crippen LogP contribution < -0.4 is 36.1 Å². The predicted molar refractivity (Wildman–Crippen MR) is 140 cm³/mol. The lowest BCUT2D eigenvalue weighted by molar-refractivity contribution is -0.996. The molecule has 0 spiro atoms. The first-order valence-electron chi connectivity index (χ1n) is 11.4. The standard InChI is InChI=1S/C23H30N8O8/c1-26(2)18-9-5-14(11-21(18)30(36)37)23(15-6-10-19(27(3)4)22(12-15)31(38)39)25-24-17-8-7-16(28(32)33)13-20(17)29(34)35/h5-13,24,28-32,34,36,38H,1-4H3. The van der Waals surface area contributed by atoms with Gasteiger partial charge in [0.25, 0.3) is 0 Å². The van der Waals surface area contributed by atoms with Gasteiger partial charge in [0.2, 0.25) is 0 Å². The van der Waals surface area contributed by atoms with Crippen LogP contribution in [-0.2, 0) is 0 Å². The summed E-state index contributed by atoms with van der Waals surface area (Å²) in [5.74, 6) is 0. The molecule has 16 nitrogen and oxygen atoms in total. The summed E-state index contributed by atoms with van der Waals surface area (Å²) in [5, 5.41) is 84.8. The molecule has 0 aliphatic rings. The number of nitrogens with zero attached hydrogens (tertiary/aromatic N) is 3. The fourth-order valence-corrected chi connectivity index (χ4v) is 3.85. The summed E-state index contributed by atoms with van der Waals surface area (Å²) in [4.78, 5) is 3.25. The number of quaternary nitrogens is 4. The zero-order valence-corrected chi connectivity index (χ0v) is 21.5. The van der Waals surface area contributed by atoms with Crippen molar-refractivity contribution in [1.29, 1.82) is 0 Å². The van der Waals surface area contributed by atoms with Crippen molar-refractivity contribution in [2.24, 2.45) is 5.10 Å². The van der Waals surface area contributed by atoms with Crippen molar-refractivity contribution in [1.82, 2.24) is 0 Å². The summed E-state index contributed by atoms with van der Waals surface area (Å²) in [6, 6.07) is 12.5. The molecule has 4 unspecified atom stereocenters. The van der Waals surface area contributed by atoms with Crippen molar-refractivity contribution in [2.45, 2.75) is 0 Å². The fourth-order valence-electron chi connectivity index (χ4n) is 3.85. The maximum absolute atomic E-state index is 12.0. The SMILES string of the molecule is CN(C)c1ccc(C(=NNc2ccc([NH+]([O-])O)cc2[NH+]([O-])O)c2ccc(N(C)C)c([NH+]([O-])O)c2)cc1[NH+]([O-])O. The van der Waals surface area contributed by atoms with Crippen LogP contribution in [0.4, 0.5) is 39.8 Å². The molecule has 4 atom stereocenters. The Morgan fingerprint density at radius 1 is 0.641 bits per heavy atom. The van der Waals surface area contributed by atoms with Crippen LogP contribution in [0.25, 0.3) is 0 Å². The van der Waals surface area contributed by atoms with Gasteiger partial charge in [-0.2, -0.15) is 26.0 Å². The zero-order valence-electron chi connectivity index (χ0n) is 21.5. The Bertz CT molecular complexity index is 1270. The molecule has 3 aromatic rings. The van der Waals surface area contributed by atoms with Crippen LogP contribution in [-0.4, -0.2) is 54.7 Å². The molecule has 0 saturated carbocycles. The van der Waals surface area contributed by atoms with Gasteiger partial charge in [-0.05, 0) is 18.2 Å². The van der Waals surface area contributed by atoms with E-state index in [0.29, 0.717) is 22.5 Å². The van der Waals surface area contributed by atoms with Gasteiger partial charge >= 0.3 is 0 Å². The number of hydrogen-bond acceptors (Lipinski definition) is 12. The number of rotatable bonds is 10. The molecule has 0 fully saturated rings. The lowest BCUT2D eigenvalue weighted by Crippen LogP contribution is -3.00. The molecular formula is C23H30N8O8. The highest BCUT2D eigenvalue weighted by atomic mass is 16.8. The zero-order chi connectivity index (χ0) is 29.0. The first kappa shape index (κ1) is 29.8. The first-order valence-corrected chi connectivity index (χ1v) is 11.4. The number of hydrazone groups is 1. The summed E-state index contributed by atoms with van der Waals surface area (Å²) in [6.07, 6.45) is 0. The minimum atomic E-state index is -1.40. The molecule has 16 heteroatoms. The average molecular weight is 547 g/mol. The highest BCUT2D eigenvalue weighted by Gasteiger charge is 2.20. The molecule has 0 heterocycles. The quantitative estimate of drug-likeness (QED) is 0.103. The van der Waals surface area contributed by atoms with Crippen molar-refractivity contribution >= 4 is 45.5 Å². The number of benzene rings is 3. The van der Waals surface area contributed by atoms with E-state index < -0.39 is 20.9 Å². The summed E-state index contributed by atoms with van der Waals surface area (Å²) >= 11 is 0. The Labute approximate surface area is 222 Å². The highest BCUT2D eigenvalue weighted by Crippen LogP contribution is 2.28. The van der Waals surface area contributed by atoms with Gasteiger partial charge in [0.05, 0.1) is 11.8 Å². The van der Waals surface area contributed by atoms with E-state index in [9.17, 15) is 41.7 Å². The van der Waals surface area contributed by atoms with E-state index in [1.165, 1.54) is 24.3 Å². The van der Waals surface area contributed by atoms with Crippen molar-refractivity contribution in [2.75, 3.05) is 43.4 Å². The third kappa shape index (κ3) is 6.82. The van der Waals surface area contributed by atoms with Crippen LogP contribution in [0, 0.1) is 20.8 Å². The van der Waals surface area contributed by atoms with E-state index in [2.05, 4.69) is 10.5 Å². The third-order valence-corrected chi connectivity index (χ3v) is 5.75. The molecule has 0 radical (unpaired) electrons. The topological polar surface area (TPSA) is 222 Å². The second kappa shape index (κ2) is 12.4. The van der Waals surface area contributed by atoms with E-state index >= 15 is 0 Å². The Morgan fingerprint density at radius 2 is 1.10 bits per heavy atom. The minimum absolute atomic E-state index is 0.0308. The molecule has 39 heavy (non-hydrogen) atoms. The largest absolute Gasteiger partial charge is 0.595 e. The molecule has 3 rings (SSSR count). The van der Waals surface area contributed by atoms with Crippen molar-refractivity contribution in [3.05, 3.63) is 86.6 Å². The molecule has 210 valence electrons. The second-order valence-corrected chi connectivity index (χ2v) is 8.81. The monoisotopic (exact) mass is 546 g/mol. The van der Waals surface area contributed by atoms with Crippen LogP contribution in [0.2, 0.25) is 0 Å². The van der Waals surface area contributed by atoms with E-state index in [0.717, 1.165) is 6.07 Å². The fraction of sp³-hybridized carbons (Fsp3) is 0.174. The van der Waals surface area contributed by atoms with Crippen LogP contribution in [0.3, 0.4) is 0 Å².